The Kier molecular flexibility index (Phi) is 7.83. The fourth-order valence-electron chi connectivity index (χ4n) is 2.84. The lowest BCUT2D eigenvalue weighted by molar-refractivity contribution is 0.558. The van der Waals surface area contributed by atoms with Crippen LogP contribution in [-0.2, 0) is 0 Å². The van der Waals surface area contributed by atoms with E-state index >= 15 is 0 Å². The van der Waals surface area contributed by atoms with Crippen LogP contribution in [0, 0.1) is 22.7 Å². The van der Waals surface area contributed by atoms with Crippen LogP contribution in [0.4, 0.5) is 11.4 Å². The molecule has 28 heavy (non-hydrogen) atoms. The molecule has 146 valence electrons. The molecule has 2 aromatic rings. The van der Waals surface area contributed by atoms with Crippen molar-refractivity contribution in [3.63, 3.8) is 0 Å². The van der Waals surface area contributed by atoms with Gasteiger partial charge in [-0.25, -0.2) is 0 Å². The van der Waals surface area contributed by atoms with Gasteiger partial charge in [0.05, 0.1) is 12.1 Å². The summed E-state index contributed by atoms with van der Waals surface area (Å²) >= 11 is 0. The third-order valence-electron chi connectivity index (χ3n) is 4.57. The molecule has 6 heteroatoms. The van der Waals surface area contributed by atoms with Gasteiger partial charge in [0.2, 0.25) is 0 Å². The summed E-state index contributed by atoms with van der Waals surface area (Å²) in [4.78, 5) is 4.05. The lowest BCUT2D eigenvalue weighted by atomic mass is 10.1. The molecule has 0 aromatic heterocycles. The number of nitriles is 2. The Morgan fingerprint density at radius 2 is 1.00 bits per heavy atom. The van der Waals surface area contributed by atoms with Gasteiger partial charge in [-0.15, -0.1) is 0 Å². The Morgan fingerprint density at radius 1 is 0.679 bits per heavy atom. The van der Waals surface area contributed by atoms with Crippen molar-refractivity contribution in [2.45, 2.75) is 12.1 Å². The zero-order chi connectivity index (χ0) is 20.5. The molecule has 2 rings (SSSR count). The third kappa shape index (κ3) is 5.72. The predicted molar refractivity (Wildman–Crippen MR) is 114 cm³/mol. The van der Waals surface area contributed by atoms with E-state index in [1.165, 1.54) is 0 Å². The molecule has 0 heterocycles. The maximum Gasteiger partial charge on any atom is 0.121 e. The lowest BCUT2D eigenvalue weighted by Crippen LogP contribution is -2.31. The van der Waals surface area contributed by atoms with Crippen LogP contribution in [0.25, 0.3) is 0 Å². The molecule has 2 N–H and O–H groups in total. The van der Waals surface area contributed by atoms with Crippen LogP contribution in [-0.4, -0.2) is 41.3 Å². The van der Waals surface area contributed by atoms with Crippen molar-refractivity contribution in [3.05, 3.63) is 59.7 Å². The average Bonchev–Trinajstić information content (AvgIpc) is 2.71. The molecule has 0 aliphatic heterocycles. The van der Waals surface area contributed by atoms with Gasteiger partial charge in [0, 0.05) is 52.7 Å². The van der Waals surface area contributed by atoms with Crippen molar-refractivity contribution in [3.8, 4) is 12.1 Å². The first-order chi connectivity index (χ1) is 13.5. The van der Waals surface area contributed by atoms with Crippen LogP contribution in [0.5, 0.6) is 0 Å². The molecule has 0 amide bonds. The van der Waals surface area contributed by atoms with Gasteiger partial charge in [0.15, 0.2) is 0 Å². The first-order valence-electron chi connectivity index (χ1n) is 9.27. The molecule has 2 atom stereocenters. The minimum atomic E-state index is -0.377. The first-order valence-corrected chi connectivity index (χ1v) is 9.27. The van der Waals surface area contributed by atoms with Crippen LogP contribution in [0.15, 0.2) is 48.5 Å². The summed E-state index contributed by atoms with van der Waals surface area (Å²) in [6.45, 7) is 1.17. The number of rotatable bonds is 9. The van der Waals surface area contributed by atoms with E-state index in [1.807, 2.05) is 86.5 Å². The summed E-state index contributed by atoms with van der Waals surface area (Å²) in [6, 6.07) is 19.7. The third-order valence-corrected chi connectivity index (χ3v) is 4.57. The van der Waals surface area contributed by atoms with Crippen LogP contribution in [0.1, 0.15) is 23.2 Å². The van der Waals surface area contributed by atoms with E-state index in [2.05, 4.69) is 22.8 Å². The highest BCUT2D eigenvalue weighted by atomic mass is 15.1. The molecule has 0 unspecified atom stereocenters. The first kappa shape index (κ1) is 21.2. The SMILES string of the molecule is CN(C)c1ccc([C@@H](C#N)NCCN[C@H](C#N)c2ccc(N(C)C)cc2)cc1. The molecular formula is C22H28N6. The number of nitrogens with one attached hydrogen (secondary N) is 2. The van der Waals surface area contributed by atoms with Crippen LogP contribution in [0.2, 0.25) is 0 Å². The molecule has 0 bridgehead atoms. The van der Waals surface area contributed by atoms with E-state index in [0.29, 0.717) is 13.1 Å². The van der Waals surface area contributed by atoms with E-state index in [1.54, 1.807) is 0 Å². The van der Waals surface area contributed by atoms with Crippen molar-refractivity contribution in [1.29, 1.82) is 10.5 Å². The van der Waals surface area contributed by atoms with Crippen LogP contribution < -0.4 is 20.4 Å². The van der Waals surface area contributed by atoms with Crippen molar-refractivity contribution < 1.29 is 0 Å². The van der Waals surface area contributed by atoms with Crippen molar-refractivity contribution in [2.75, 3.05) is 51.1 Å². The van der Waals surface area contributed by atoms with Gasteiger partial charge in [-0.05, 0) is 35.4 Å². The second-order valence-electron chi connectivity index (χ2n) is 7.00. The standard InChI is InChI=1S/C22H28N6/c1-27(2)19-9-5-17(6-10-19)21(15-23)25-13-14-26-22(16-24)18-7-11-20(12-8-18)28(3)4/h5-12,21-22,25-26H,13-14H2,1-4H3/t21-,22-/m1/s1. The highest BCUT2D eigenvalue weighted by Crippen LogP contribution is 2.18. The summed E-state index contributed by atoms with van der Waals surface area (Å²) < 4.78 is 0. The molecule has 0 radical (unpaired) electrons. The van der Waals surface area contributed by atoms with Gasteiger partial charge >= 0.3 is 0 Å². The van der Waals surface area contributed by atoms with Crippen molar-refractivity contribution in [1.82, 2.24) is 10.6 Å². The Balaban J connectivity index is 1.87. The Bertz CT molecular complexity index is 741. The molecule has 2 aromatic carbocycles. The van der Waals surface area contributed by atoms with Gasteiger partial charge in [-0.3, -0.25) is 10.6 Å². The fourth-order valence-corrected chi connectivity index (χ4v) is 2.84. The zero-order valence-electron chi connectivity index (χ0n) is 17.0. The quantitative estimate of drug-likeness (QED) is 0.655. The molecule has 6 nitrogen and oxygen atoms in total. The van der Waals surface area contributed by atoms with E-state index in [-0.39, 0.29) is 12.1 Å². The normalized spacial score (nSPS) is 12.5. The highest BCUT2D eigenvalue weighted by Gasteiger charge is 2.12. The Hall–Kier alpha value is -3.06. The lowest BCUT2D eigenvalue weighted by Gasteiger charge is -2.17. The predicted octanol–water partition coefficient (Wildman–Crippen LogP) is 2.83. The number of anilines is 2. The topological polar surface area (TPSA) is 78.1 Å². The van der Waals surface area contributed by atoms with Gasteiger partial charge < -0.3 is 9.80 Å². The summed E-state index contributed by atoms with van der Waals surface area (Å²) in [5.74, 6) is 0. The van der Waals surface area contributed by atoms with Crippen LogP contribution >= 0.6 is 0 Å². The Labute approximate surface area is 168 Å². The monoisotopic (exact) mass is 376 g/mol. The van der Waals surface area contributed by atoms with E-state index in [0.717, 1.165) is 22.5 Å². The van der Waals surface area contributed by atoms with Gasteiger partial charge in [0.25, 0.3) is 0 Å². The average molecular weight is 377 g/mol. The number of hydrogen-bond donors (Lipinski definition) is 2. The second kappa shape index (κ2) is 10.3. The highest BCUT2D eigenvalue weighted by molar-refractivity contribution is 5.48. The van der Waals surface area contributed by atoms with Crippen LogP contribution in [0.3, 0.4) is 0 Å². The van der Waals surface area contributed by atoms with E-state index < -0.39 is 0 Å². The molecule has 0 aliphatic carbocycles. The largest absolute Gasteiger partial charge is 0.378 e. The maximum absolute atomic E-state index is 9.46. The summed E-state index contributed by atoms with van der Waals surface area (Å²) in [6.07, 6.45) is 0. The maximum atomic E-state index is 9.46. The number of nitrogens with zero attached hydrogens (tertiary/aromatic N) is 4. The second-order valence-corrected chi connectivity index (χ2v) is 7.00. The zero-order valence-corrected chi connectivity index (χ0v) is 17.0. The fraction of sp³-hybridized carbons (Fsp3) is 0.364. The molecular weight excluding hydrogens is 348 g/mol. The van der Waals surface area contributed by atoms with Gasteiger partial charge in [-0.2, -0.15) is 10.5 Å². The summed E-state index contributed by atoms with van der Waals surface area (Å²) in [7, 11) is 7.95. The van der Waals surface area contributed by atoms with Crippen molar-refractivity contribution in [2.24, 2.45) is 0 Å². The van der Waals surface area contributed by atoms with Crippen molar-refractivity contribution >= 4 is 11.4 Å². The molecule has 0 fully saturated rings. The number of hydrogen-bond acceptors (Lipinski definition) is 6. The molecule has 0 spiro atoms. The minimum Gasteiger partial charge on any atom is -0.378 e. The van der Waals surface area contributed by atoms with Gasteiger partial charge in [-0.1, -0.05) is 24.3 Å². The number of benzene rings is 2. The molecule has 0 aliphatic rings. The van der Waals surface area contributed by atoms with Gasteiger partial charge in [0.1, 0.15) is 12.1 Å². The Morgan fingerprint density at radius 3 is 1.25 bits per heavy atom. The minimum absolute atomic E-state index is 0.377. The smallest absolute Gasteiger partial charge is 0.121 e. The van der Waals surface area contributed by atoms with E-state index in [9.17, 15) is 10.5 Å². The van der Waals surface area contributed by atoms with E-state index in [4.69, 9.17) is 0 Å². The molecule has 0 saturated carbocycles. The summed E-state index contributed by atoms with van der Waals surface area (Å²) in [5.41, 5.74) is 4.06. The molecule has 0 saturated heterocycles. The summed E-state index contributed by atoms with van der Waals surface area (Å²) in [5, 5.41) is 25.4.